The number of carbonyl (C=O) groups excluding carboxylic acids is 1. The average Bonchev–Trinajstić information content (AvgIpc) is 2.79. The monoisotopic (exact) mass is 304 g/mol. The number of hydrogen-bond acceptors (Lipinski definition) is 3. The van der Waals surface area contributed by atoms with Gasteiger partial charge in [-0.05, 0) is 13.0 Å². The van der Waals surface area contributed by atoms with Gasteiger partial charge in [-0.15, -0.1) is 0 Å². The number of carboxylic acids is 1. The molecule has 1 atom stereocenters. The molecule has 118 valence electrons. The van der Waals surface area contributed by atoms with Crippen LogP contribution in [0.15, 0.2) is 28.7 Å². The zero-order valence-corrected chi connectivity index (χ0v) is 12.9. The molecule has 0 spiro atoms. The van der Waals surface area contributed by atoms with Crippen LogP contribution in [0.4, 0.5) is 4.79 Å². The Kier molecular flexibility index (Phi) is 4.70. The molecule has 1 aromatic heterocycles. The lowest BCUT2D eigenvalue weighted by atomic mass is 10.1. The van der Waals surface area contributed by atoms with Crippen molar-refractivity contribution in [2.24, 2.45) is 5.92 Å². The molecule has 0 bridgehead atoms. The fraction of sp³-hybridized carbons (Fsp3) is 0.375. The smallest absolute Gasteiger partial charge is 0.317 e. The molecule has 2 N–H and O–H groups in total. The minimum absolute atomic E-state index is 0.159. The fourth-order valence-electron chi connectivity index (χ4n) is 2.31. The number of hydrogen-bond donors (Lipinski definition) is 2. The van der Waals surface area contributed by atoms with E-state index in [0.29, 0.717) is 6.54 Å². The van der Waals surface area contributed by atoms with Gasteiger partial charge in [0.2, 0.25) is 0 Å². The van der Waals surface area contributed by atoms with Crippen molar-refractivity contribution >= 4 is 23.0 Å². The van der Waals surface area contributed by atoms with Crippen LogP contribution < -0.4 is 5.32 Å². The number of amides is 2. The number of fused-ring (bicyclic) bond motifs is 1. The first-order chi connectivity index (χ1) is 10.4. The highest BCUT2D eigenvalue weighted by Gasteiger charge is 2.18. The van der Waals surface area contributed by atoms with Crippen molar-refractivity contribution < 1.29 is 19.1 Å². The minimum atomic E-state index is -0.920. The van der Waals surface area contributed by atoms with Crippen molar-refractivity contribution in [3.05, 3.63) is 35.6 Å². The van der Waals surface area contributed by atoms with Crippen LogP contribution in [0, 0.1) is 12.8 Å². The normalized spacial score (nSPS) is 12.1. The van der Waals surface area contributed by atoms with Crippen molar-refractivity contribution in [2.45, 2.75) is 20.4 Å². The first-order valence-corrected chi connectivity index (χ1v) is 7.09. The zero-order valence-electron chi connectivity index (χ0n) is 12.9. The molecule has 0 aliphatic rings. The Morgan fingerprint density at radius 3 is 2.73 bits per heavy atom. The van der Waals surface area contributed by atoms with E-state index in [1.165, 1.54) is 4.90 Å². The summed E-state index contributed by atoms with van der Waals surface area (Å²) in [5, 5.41) is 12.6. The highest BCUT2D eigenvalue weighted by atomic mass is 16.4. The number of carbonyl (C=O) groups is 2. The van der Waals surface area contributed by atoms with Crippen LogP contribution in [-0.2, 0) is 11.3 Å². The van der Waals surface area contributed by atoms with E-state index < -0.39 is 11.9 Å². The van der Waals surface area contributed by atoms with Gasteiger partial charge in [-0.1, -0.05) is 25.1 Å². The van der Waals surface area contributed by atoms with Crippen molar-refractivity contribution in [2.75, 3.05) is 13.6 Å². The molecule has 1 unspecified atom stereocenters. The predicted molar refractivity (Wildman–Crippen MR) is 82.6 cm³/mol. The molecule has 22 heavy (non-hydrogen) atoms. The first-order valence-electron chi connectivity index (χ1n) is 7.09. The van der Waals surface area contributed by atoms with Gasteiger partial charge in [0.1, 0.15) is 11.3 Å². The summed E-state index contributed by atoms with van der Waals surface area (Å²) in [5.41, 5.74) is 1.72. The van der Waals surface area contributed by atoms with Gasteiger partial charge in [0, 0.05) is 31.1 Å². The average molecular weight is 304 g/mol. The molecule has 6 heteroatoms. The van der Waals surface area contributed by atoms with E-state index in [1.807, 2.05) is 31.2 Å². The number of aliphatic carboxylic acids is 1. The summed E-state index contributed by atoms with van der Waals surface area (Å²) in [5.74, 6) is -0.758. The lowest BCUT2D eigenvalue weighted by Crippen LogP contribution is -2.40. The first kappa shape index (κ1) is 15.9. The molecule has 0 saturated carbocycles. The van der Waals surface area contributed by atoms with Crippen LogP contribution in [0.1, 0.15) is 18.2 Å². The maximum absolute atomic E-state index is 12.0. The van der Waals surface area contributed by atoms with Crippen LogP contribution in [0.25, 0.3) is 11.0 Å². The van der Waals surface area contributed by atoms with Crippen molar-refractivity contribution in [3.8, 4) is 0 Å². The van der Waals surface area contributed by atoms with Gasteiger partial charge in [-0.2, -0.15) is 0 Å². The molecule has 0 aliphatic heterocycles. The summed E-state index contributed by atoms with van der Waals surface area (Å²) >= 11 is 0. The van der Waals surface area contributed by atoms with Crippen molar-refractivity contribution in [1.29, 1.82) is 0 Å². The van der Waals surface area contributed by atoms with Crippen molar-refractivity contribution in [3.63, 3.8) is 0 Å². The molecule has 2 amide bonds. The number of aryl methyl sites for hydroxylation is 1. The Labute approximate surface area is 128 Å². The molecule has 2 aromatic rings. The molecule has 2 rings (SSSR count). The van der Waals surface area contributed by atoms with Gasteiger partial charge >= 0.3 is 12.0 Å². The molecule has 0 radical (unpaired) electrons. The van der Waals surface area contributed by atoms with E-state index in [-0.39, 0.29) is 12.6 Å². The molecule has 6 nitrogen and oxygen atoms in total. The number of nitrogens with one attached hydrogen (secondary N) is 1. The van der Waals surface area contributed by atoms with E-state index in [4.69, 9.17) is 9.52 Å². The maximum Gasteiger partial charge on any atom is 0.317 e. The van der Waals surface area contributed by atoms with Gasteiger partial charge in [0.05, 0.1) is 5.92 Å². The van der Waals surface area contributed by atoms with Crippen LogP contribution in [0.2, 0.25) is 0 Å². The van der Waals surface area contributed by atoms with Gasteiger partial charge in [0.25, 0.3) is 0 Å². The van der Waals surface area contributed by atoms with Crippen LogP contribution in [0.3, 0.4) is 0 Å². The van der Waals surface area contributed by atoms with Crippen LogP contribution in [0.5, 0.6) is 0 Å². The number of benzene rings is 1. The topological polar surface area (TPSA) is 82.8 Å². The van der Waals surface area contributed by atoms with E-state index >= 15 is 0 Å². The standard InChI is InChI=1S/C16H20N2O4/c1-10(15(19)20)9-18(3)16(21)17-8-13-11(2)22-14-7-5-4-6-12(13)14/h4-7,10H,8-9H2,1-3H3,(H,17,21)(H,19,20). The maximum atomic E-state index is 12.0. The van der Waals surface area contributed by atoms with Gasteiger partial charge in [0.15, 0.2) is 0 Å². The van der Waals surface area contributed by atoms with E-state index in [9.17, 15) is 9.59 Å². The number of furan rings is 1. The molecule has 0 saturated heterocycles. The third kappa shape index (κ3) is 3.39. The zero-order chi connectivity index (χ0) is 16.3. The molecule has 0 fully saturated rings. The summed E-state index contributed by atoms with van der Waals surface area (Å²) in [7, 11) is 1.58. The Morgan fingerprint density at radius 2 is 2.05 bits per heavy atom. The largest absolute Gasteiger partial charge is 0.481 e. The third-order valence-corrected chi connectivity index (χ3v) is 3.63. The molecular weight excluding hydrogens is 284 g/mol. The Balaban J connectivity index is 2.01. The molecular formula is C16H20N2O4. The number of nitrogens with zero attached hydrogens (tertiary/aromatic N) is 1. The minimum Gasteiger partial charge on any atom is -0.481 e. The summed E-state index contributed by atoms with van der Waals surface area (Å²) in [4.78, 5) is 24.2. The number of carboxylic acid groups (broad SMARTS) is 1. The SMILES string of the molecule is Cc1oc2ccccc2c1CNC(=O)N(C)CC(C)C(=O)O. The molecule has 0 aliphatic carbocycles. The van der Waals surface area contributed by atoms with Gasteiger partial charge in [-0.25, -0.2) is 4.79 Å². The quantitative estimate of drug-likeness (QED) is 0.889. The fourth-order valence-corrected chi connectivity index (χ4v) is 2.31. The Morgan fingerprint density at radius 1 is 1.36 bits per heavy atom. The Bertz CT molecular complexity index is 693. The summed E-state index contributed by atoms with van der Waals surface area (Å²) in [6, 6.07) is 7.34. The van der Waals surface area contributed by atoms with Crippen molar-refractivity contribution in [1.82, 2.24) is 10.2 Å². The summed E-state index contributed by atoms with van der Waals surface area (Å²) in [6.45, 7) is 3.93. The second-order valence-electron chi connectivity index (χ2n) is 5.41. The lowest BCUT2D eigenvalue weighted by molar-refractivity contribution is -0.141. The lowest BCUT2D eigenvalue weighted by Gasteiger charge is -2.20. The van der Waals surface area contributed by atoms with Crippen LogP contribution >= 0.6 is 0 Å². The summed E-state index contributed by atoms with van der Waals surface area (Å²) < 4.78 is 5.65. The van der Waals surface area contributed by atoms with E-state index in [0.717, 1.165) is 22.3 Å². The summed E-state index contributed by atoms with van der Waals surface area (Å²) in [6.07, 6.45) is 0. The van der Waals surface area contributed by atoms with E-state index in [2.05, 4.69) is 5.32 Å². The second kappa shape index (κ2) is 6.51. The third-order valence-electron chi connectivity index (χ3n) is 3.63. The number of urea groups is 1. The number of para-hydroxylation sites is 1. The number of rotatable bonds is 5. The van der Waals surface area contributed by atoms with Gasteiger partial charge < -0.3 is 19.7 Å². The van der Waals surface area contributed by atoms with Gasteiger partial charge in [-0.3, -0.25) is 4.79 Å². The highest BCUT2D eigenvalue weighted by Crippen LogP contribution is 2.24. The Hall–Kier alpha value is -2.50. The molecule has 1 aromatic carbocycles. The second-order valence-corrected chi connectivity index (χ2v) is 5.41. The predicted octanol–water partition coefficient (Wildman–Crippen LogP) is 2.60. The highest BCUT2D eigenvalue weighted by molar-refractivity contribution is 5.83. The molecule has 1 heterocycles. The van der Waals surface area contributed by atoms with E-state index in [1.54, 1.807) is 14.0 Å². The van der Waals surface area contributed by atoms with Crippen LogP contribution in [-0.4, -0.2) is 35.6 Å².